The molecule has 2 aliphatic heterocycles. The second-order valence-electron chi connectivity index (χ2n) is 8.36. The van der Waals surface area contributed by atoms with Gasteiger partial charge in [-0.05, 0) is 62.4 Å². The summed E-state index contributed by atoms with van der Waals surface area (Å²) in [6.07, 6.45) is 4.78. The Morgan fingerprint density at radius 2 is 1.90 bits per heavy atom. The SMILES string of the molecule is CS(=O)(=O)N1CCC2(CCN(C(CCN)COCc3cc(F)ccc3F)C2)CC1. The van der Waals surface area contributed by atoms with Crippen LogP contribution in [0.2, 0.25) is 0 Å². The number of hydrogen-bond acceptors (Lipinski definition) is 5. The van der Waals surface area contributed by atoms with E-state index in [0.717, 1.165) is 57.0 Å². The third-order valence-corrected chi connectivity index (χ3v) is 7.61. The summed E-state index contributed by atoms with van der Waals surface area (Å²) in [6, 6.07) is 3.48. The summed E-state index contributed by atoms with van der Waals surface area (Å²) in [6.45, 7) is 3.90. The van der Waals surface area contributed by atoms with Crippen LogP contribution in [0.3, 0.4) is 0 Å². The number of piperidine rings is 1. The minimum atomic E-state index is -3.13. The van der Waals surface area contributed by atoms with Crippen molar-refractivity contribution in [2.24, 2.45) is 11.1 Å². The van der Waals surface area contributed by atoms with Gasteiger partial charge >= 0.3 is 0 Å². The molecule has 1 unspecified atom stereocenters. The van der Waals surface area contributed by atoms with Gasteiger partial charge in [-0.1, -0.05) is 0 Å². The van der Waals surface area contributed by atoms with E-state index in [1.807, 2.05) is 0 Å². The number of benzene rings is 1. The Kier molecular flexibility index (Phi) is 7.27. The Morgan fingerprint density at radius 1 is 1.21 bits per heavy atom. The topological polar surface area (TPSA) is 75.9 Å². The molecule has 3 rings (SSSR count). The summed E-state index contributed by atoms with van der Waals surface area (Å²) in [4.78, 5) is 2.37. The second-order valence-corrected chi connectivity index (χ2v) is 10.3. The summed E-state index contributed by atoms with van der Waals surface area (Å²) in [5.74, 6) is -0.954. The number of halogens is 2. The summed E-state index contributed by atoms with van der Waals surface area (Å²) in [5.41, 5.74) is 6.15. The fourth-order valence-electron chi connectivity index (χ4n) is 4.50. The highest BCUT2D eigenvalue weighted by molar-refractivity contribution is 7.88. The summed E-state index contributed by atoms with van der Waals surface area (Å²) < 4.78 is 57.9. The molecule has 2 heterocycles. The van der Waals surface area contributed by atoms with E-state index in [1.54, 1.807) is 4.31 Å². The number of likely N-dealkylation sites (tertiary alicyclic amines) is 1. The first-order valence-corrected chi connectivity index (χ1v) is 12.0. The lowest BCUT2D eigenvalue weighted by atomic mass is 9.78. The molecule has 29 heavy (non-hydrogen) atoms. The molecule has 0 radical (unpaired) electrons. The summed E-state index contributed by atoms with van der Waals surface area (Å²) >= 11 is 0. The summed E-state index contributed by atoms with van der Waals surface area (Å²) in [5, 5.41) is 0. The van der Waals surface area contributed by atoms with Gasteiger partial charge in [-0.15, -0.1) is 0 Å². The van der Waals surface area contributed by atoms with Gasteiger partial charge in [0.25, 0.3) is 0 Å². The highest BCUT2D eigenvalue weighted by Crippen LogP contribution is 2.41. The van der Waals surface area contributed by atoms with Gasteiger partial charge in [0.1, 0.15) is 11.6 Å². The van der Waals surface area contributed by atoms with Crippen molar-refractivity contribution in [1.29, 1.82) is 0 Å². The van der Waals surface area contributed by atoms with E-state index in [4.69, 9.17) is 10.5 Å². The first-order chi connectivity index (χ1) is 13.7. The Hall–Kier alpha value is -1.13. The predicted octanol–water partition coefficient (Wildman–Crippen LogP) is 1.95. The van der Waals surface area contributed by atoms with Crippen LogP contribution in [0.1, 0.15) is 31.2 Å². The smallest absolute Gasteiger partial charge is 0.211 e. The standard InChI is InChI=1S/C20H31F2N3O3S/c1-29(26,27)25-10-6-20(7-11-25)5-9-24(15-20)18(4-8-23)14-28-13-16-12-17(21)2-3-19(16)22/h2-3,12,18H,4-11,13-15,23H2,1H3. The van der Waals surface area contributed by atoms with Gasteiger partial charge < -0.3 is 10.5 Å². The zero-order valence-electron chi connectivity index (χ0n) is 16.9. The molecular formula is C20H31F2N3O3S. The Labute approximate surface area is 172 Å². The fraction of sp³-hybridized carbons (Fsp3) is 0.700. The fourth-order valence-corrected chi connectivity index (χ4v) is 5.35. The molecule has 1 aromatic carbocycles. The highest BCUT2D eigenvalue weighted by Gasteiger charge is 2.43. The maximum atomic E-state index is 13.8. The van der Waals surface area contributed by atoms with Gasteiger partial charge in [-0.3, -0.25) is 4.90 Å². The lowest BCUT2D eigenvalue weighted by Crippen LogP contribution is -2.45. The Morgan fingerprint density at radius 3 is 2.55 bits per heavy atom. The predicted molar refractivity (Wildman–Crippen MR) is 108 cm³/mol. The Balaban J connectivity index is 1.54. The van der Waals surface area contributed by atoms with E-state index in [9.17, 15) is 17.2 Å². The van der Waals surface area contributed by atoms with Crippen LogP contribution in [0.25, 0.3) is 0 Å². The van der Waals surface area contributed by atoms with Gasteiger partial charge in [-0.25, -0.2) is 21.5 Å². The van der Waals surface area contributed by atoms with Crippen LogP contribution < -0.4 is 5.73 Å². The zero-order valence-corrected chi connectivity index (χ0v) is 17.8. The molecular weight excluding hydrogens is 400 g/mol. The van der Waals surface area contributed by atoms with E-state index in [0.29, 0.717) is 26.2 Å². The molecule has 2 N–H and O–H groups in total. The molecule has 0 amide bonds. The monoisotopic (exact) mass is 431 g/mol. The molecule has 6 nitrogen and oxygen atoms in total. The first-order valence-electron chi connectivity index (χ1n) is 10.1. The van der Waals surface area contributed by atoms with Crippen molar-refractivity contribution in [3.8, 4) is 0 Å². The lowest BCUT2D eigenvalue weighted by molar-refractivity contribution is 0.0469. The molecule has 0 saturated carbocycles. The van der Waals surface area contributed by atoms with Gasteiger partial charge in [0.2, 0.25) is 10.0 Å². The lowest BCUT2D eigenvalue weighted by Gasteiger charge is -2.39. The van der Waals surface area contributed by atoms with E-state index < -0.39 is 21.7 Å². The van der Waals surface area contributed by atoms with Crippen LogP contribution in [0.4, 0.5) is 8.78 Å². The number of nitrogens with zero attached hydrogens (tertiary/aromatic N) is 2. The molecule has 1 aromatic rings. The quantitative estimate of drug-likeness (QED) is 0.681. The Bertz CT molecular complexity index is 798. The highest BCUT2D eigenvalue weighted by atomic mass is 32.2. The van der Waals surface area contributed by atoms with E-state index in [1.165, 1.54) is 6.26 Å². The van der Waals surface area contributed by atoms with Crippen LogP contribution in [-0.2, 0) is 21.4 Å². The third kappa shape index (κ3) is 5.73. The number of rotatable bonds is 8. The van der Waals surface area contributed by atoms with Gasteiger partial charge in [0, 0.05) is 31.2 Å². The molecule has 2 fully saturated rings. The summed E-state index contributed by atoms with van der Waals surface area (Å²) in [7, 11) is -3.13. The van der Waals surface area contributed by atoms with E-state index in [-0.39, 0.29) is 23.6 Å². The molecule has 164 valence electrons. The molecule has 0 aromatic heterocycles. The van der Waals surface area contributed by atoms with Crippen molar-refractivity contribution in [3.05, 3.63) is 35.4 Å². The van der Waals surface area contributed by atoms with Crippen molar-refractivity contribution >= 4 is 10.0 Å². The number of ether oxygens (including phenoxy) is 1. The minimum Gasteiger partial charge on any atom is -0.375 e. The van der Waals surface area contributed by atoms with Crippen LogP contribution in [0.5, 0.6) is 0 Å². The van der Waals surface area contributed by atoms with Crippen LogP contribution in [0, 0.1) is 17.0 Å². The van der Waals surface area contributed by atoms with Crippen molar-refractivity contribution in [3.63, 3.8) is 0 Å². The van der Waals surface area contributed by atoms with Crippen molar-refractivity contribution in [2.75, 3.05) is 45.6 Å². The number of nitrogens with two attached hydrogens (primary N) is 1. The maximum absolute atomic E-state index is 13.8. The van der Waals surface area contributed by atoms with Crippen LogP contribution in [0.15, 0.2) is 18.2 Å². The zero-order chi connectivity index (χ0) is 21.1. The van der Waals surface area contributed by atoms with Crippen molar-refractivity contribution < 1.29 is 21.9 Å². The molecule has 0 aliphatic carbocycles. The normalized spacial score (nSPS) is 21.7. The van der Waals surface area contributed by atoms with Crippen LogP contribution >= 0.6 is 0 Å². The van der Waals surface area contributed by atoms with Gasteiger partial charge in [0.05, 0.1) is 19.5 Å². The number of sulfonamides is 1. The largest absolute Gasteiger partial charge is 0.375 e. The number of hydrogen-bond donors (Lipinski definition) is 1. The van der Waals surface area contributed by atoms with E-state index in [2.05, 4.69) is 4.90 Å². The minimum absolute atomic E-state index is 0.0208. The second kappa shape index (κ2) is 9.34. The molecule has 2 saturated heterocycles. The van der Waals surface area contributed by atoms with Crippen LogP contribution in [-0.4, -0.2) is 69.3 Å². The third-order valence-electron chi connectivity index (χ3n) is 6.31. The van der Waals surface area contributed by atoms with Crippen molar-refractivity contribution in [1.82, 2.24) is 9.21 Å². The molecule has 9 heteroatoms. The molecule has 2 aliphatic rings. The van der Waals surface area contributed by atoms with Gasteiger partial charge in [0.15, 0.2) is 0 Å². The first kappa shape index (κ1) is 22.6. The van der Waals surface area contributed by atoms with E-state index >= 15 is 0 Å². The molecule has 1 atom stereocenters. The molecule has 0 bridgehead atoms. The van der Waals surface area contributed by atoms with Gasteiger partial charge in [-0.2, -0.15) is 0 Å². The van der Waals surface area contributed by atoms with Crippen molar-refractivity contribution in [2.45, 2.75) is 38.3 Å². The maximum Gasteiger partial charge on any atom is 0.211 e. The average Bonchev–Trinajstić information content (AvgIpc) is 3.07. The molecule has 1 spiro atoms. The average molecular weight is 432 g/mol.